The molecule has 0 aliphatic heterocycles. The maximum absolute atomic E-state index is 6.40. The van der Waals surface area contributed by atoms with Crippen molar-refractivity contribution in [1.82, 2.24) is 9.97 Å². The molecule has 3 unspecified atom stereocenters. The number of aliphatic imine (C=N–C) groups is 2. The molecule has 0 saturated heterocycles. The topological polar surface area (TPSA) is 63.6 Å². The molecule has 10 rings (SSSR count). The quantitative estimate of drug-likeness (QED) is 0.101. The number of benzene rings is 6. The van der Waals surface area contributed by atoms with Crippen LogP contribution in [0, 0.1) is 13.8 Å². The number of amidine groups is 1. The van der Waals surface area contributed by atoms with Crippen molar-refractivity contribution in [2.45, 2.75) is 78.1 Å². The van der Waals surface area contributed by atoms with Crippen molar-refractivity contribution in [2.75, 3.05) is 0 Å². The molecule has 5 nitrogen and oxygen atoms in total. The summed E-state index contributed by atoms with van der Waals surface area (Å²) < 4.78 is 6.40. The highest BCUT2D eigenvalue weighted by molar-refractivity contribution is 6.13. The molecule has 0 radical (unpaired) electrons. The van der Waals surface area contributed by atoms with Gasteiger partial charge in [-0.3, -0.25) is 0 Å². The van der Waals surface area contributed by atoms with E-state index in [4.69, 9.17) is 24.4 Å². The van der Waals surface area contributed by atoms with Gasteiger partial charge in [0, 0.05) is 50.0 Å². The molecule has 3 atom stereocenters. The first kappa shape index (κ1) is 46.4. The van der Waals surface area contributed by atoms with Gasteiger partial charge in [0.05, 0.1) is 11.4 Å². The molecule has 2 aromatic heterocycles. The van der Waals surface area contributed by atoms with Crippen molar-refractivity contribution in [1.29, 1.82) is 0 Å². The maximum atomic E-state index is 6.40. The third-order valence-corrected chi connectivity index (χ3v) is 13.6. The van der Waals surface area contributed by atoms with E-state index in [-0.39, 0.29) is 11.3 Å². The molecule has 0 fully saturated rings. The van der Waals surface area contributed by atoms with Crippen LogP contribution in [0.2, 0.25) is 0 Å². The second-order valence-electron chi connectivity index (χ2n) is 18.6. The smallest absolute Gasteiger partial charge is 0.160 e. The van der Waals surface area contributed by atoms with Gasteiger partial charge in [-0.15, -0.1) is 0 Å². The van der Waals surface area contributed by atoms with Crippen LogP contribution >= 0.6 is 0 Å². The van der Waals surface area contributed by atoms with Crippen LogP contribution in [0.15, 0.2) is 203 Å². The number of nitrogens with zero attached hydrogens (tertiary/aromatic N) is 4. The first-order chi connectivity index (χ1) is 33.6. The summed E-state index contributed by atoms with van der Waals surface area (Å²) in [6, 6.07) is 54.4. The van der Waals surface area contributed by atoms with Gasteiger partial charge in [0.2, 0.25) is 0 Å². The number of aryl methyl sites for hydroxylation is 2. The molecule has 5 heteroatoms. The minimum Gasteiger partial charge on any atom is -0.456 e. The van der Waals surface area contributed by atoms with Crippen LogP contribution in [0.5, 0.6) is 0 Å². The number of rotatable bonds is 10. The maximum Gasteiger partial charge on any atom is 0.160 e. The lowest BCUT2D eigenvalue weighted by molar-refractivity contribution is 0.570. The standard InChI is InChI=1S/C43H36N2O.C21H24N2/c1-28-14-11-12-19-36(28)38-26-34(23-22-29(38)2)35-24-25-40-39(27-35)42-37(20-13-21-41(42)46-40)31(4)45-43(33-17-9-6-10-18-33)44-30(3)32-15-7-5-8-16-32;1-4-16(2)18-15-19(21(3)13-9-6-10-14-21)23-20(22-18)17-11-7-5-8-12-17/h5-23,25-27,35H,4,24H2,1-3H3;5-13,15-16H,4,14H2,1-3H3. The number of aromatic nitrogens is 2. The van der Waals surface area contributed by atoms with Crippen molar-refractivity contribution in [2.24, 2.45) is 9.98 Å². The Balaban J connectivity index is 0.000000216. The summed E-state index contributed by atoms with van der Waals surface area (Å²) in [5.74, 6) is 2.12. The number of fused-ring (bicyclic) bond motifs is 3. The predicted molar refractivity (Wildman–Crippen MR) is 290 cm³/mol. The second-order valence-corrected chi connectivity index (χ2v) is 18.6. The molecule has 2 heterocycles. The van der Waals surface area contributed by atoms with Crippen LogP contribution in [0.4, 0.5) is 0 Å². The molecular formula is C64H60N4O. The van der Waals surface area contributed by atoms with Crippen molar-refractivity contribution < 1.29 is 4.42 Å². The highest BCUT2D eigenvalue weighted by Gasteiger charge is 2.27. The highest BCUT2D eigenvalue weighted by Crippen LogP contribution is 2.35. The molecule has 0 saturated carbocycles. The molecule has 0 amide bonds. The summed E-state index contributed by atoms with van der Waals surface area (Å²) in [7, 11) is 0. The third kappa shape index (κ3) is 10.2. The van der Waals surface area contributed by atoms with E-state index in [9.17, 15) is 0 Å². The third-order valence-electron chi connectivity index (χ3n) is 13.6. The first-order valence-corrected chi connectivity index (χ1v) is 24.2. The summed E-state index contributed by atoms with van der Waals surface area (Å²) in [4.78, 5) is 19.8. The lowest BCUT2D eigenvalue weighted by atomic mass is 9.80. The van der Waals surface area contributed by atoms with E-state index in [0.29, 0.717) is 17.5 Å². The number of hydrogen-bond donors (Lipinski definition) is 0. The number of furan rings is 1. The Morgan fingerprint density at radius 3 is 2.16 bits per heavy atom. The van der Waals surface area contributed by atoms with Gasteiger partial charge in [-0.05, 0) is 97.5 Å². The Kier molecular flexibility index (Phi) is 13.9. The van der Waals surface area contributed by atoms with E-state index in [0.717, 1.165) is 86.0 Å². The summed E-state index contributed by atoms with van der Waals surface area (Å²) in [6.07, 6.45) is 16.2. The van der Waals surface area contributed by atoms with Crippen LogP contribution < -0.4 is 10.6 Å². The van der Waals surface area contributed by atoms with E-state index in [1.807, 2.05) is 85.8 Å². The molecule has 8 aromatic rings. The molecular weight excluding hydrogens is 841 g/mol. The number of allylic oxidation sites excluding steroid dienone is 4. The molecule has 2 aliphatic carbocycles. The van der Waals surface area contributed by atoms with Gasteiger partial charge in [-0.25, -0.2) is 20.0 Å². The lowest BCUT2D eigenvalue weighted by Crippen LogP contribution is -2.25. The molecule has 69 heavy (non-hydrogen) atoms. The van der Waals surface area contributed by atoms with Crippen molar-refractivity contribution in [3.05, 3.63) is 244 Å². The summed E-state index contributed by atoms with van der Waals surface area (Å²) in [5.41, 5.74) is 15.9. The Morgan fingerprint density at radius 2 is 1.45 bits per heavy atom. The highest BCUT2D eigenvalue weighted by atomic mass is 16.3. The SMILES string of the molecule is C=C(N=C(N=C(C)c1ccccc1)c1ccccc1)c1cccc2oc3c(c12)=CC(c1ccc(C)c(-c2ccccc2C)c1)CC=3.CCC(C)c1cc(C2(C)C=CC=CC2)nc(-c2ccccc2)n1. The van der Waals surface area contributed by atoms with Gasteiger partial charge >= 0.3 is 0 Å². The molecule has 342 valence electrons. The normalized spacial score (nSPS) is 17.0. The Hall–Kier alpha value is -7.76. The Morgan fingerprint density at radius 1 is 0.754 bits per heavy atom. The summed E-state index contributed by atoms with van der Waals surface area (Å²) in [5, 5.41) is 2.14. The average Bonchev–Trinajstić information content (AvgIpc) is 3.78. The fourth-order valence-electron chi connectivity index (χ4n) is 9.21. The minimum absolute atomic E-state index is 0.0522. The zero-order valence-electron chi connectivity index (χ0n) is 40.7. The van der Waals surface area contributed by atoms with Crippen molar-refractivity contribution in [3.63, 3.8) is 0 Å². The Bertz CT molecular complexity index is 3400. The van der Waals surface area contributed by atoms with Crippen LogP contribution in [-0.4, -0.2) is 21.5 Å². The van der Waals surface area contributed by atoms with Gasteiger partial charge in [-0.2, -0.15) is 0 Å². The average molecular weight is 901 g/mol. The molecule has 0 N–H and O–H groups in total. The van der Waals surface area contributed by atoms with E-state index in [1.54, 1.807) is 0 Å². The zero-order chi connectivity index (χ0) is 47.9. The fraction of sp³-hybridized carbons (Fsp3) is 0.188. The zero-order valence-corrected chi connectivity index (χ0v) is 40.7. The Labute approximate surface area is 407 Å². The van der Waals surface area contributed by atoms with E-state index >= 15 is 0 Å². The van der Waals surface area contributed by atoms with Gasteiger partial charge in [0.15, 0.2) is 11.7 Å². The first-order valence-electron chi connectivity index (χ1n) is 24.2. The molecule has 2 aliphatic rings. The fourth-order valence-corrected chi connectivity index (χ4v) is 9.21. The second kappa shape index (κ2) is 20.6. The molecule has 6 aromatic carbocycles. The summed E-state index contributed by atoms with van der Waals surface area (Å²) in [6.45, 7) is 17.6. The van der Waals surface area contributed by atoms with Gasteiger partial charge < -0.3 is 4.42 Å². The van der Waals surface area contributed by atoms with Crippen molar-refractivity contribution in [3.8, 4) is 22.5 Å². The van der Waals surface area contributed by atoms with Gasteiger partial charge in [0.25, 0.3) is 0 Å². The lowest BCUT2D eigenvalue weighted by Gasteiger charge is -2.27. The minimum atomic E-state index is -0.0522. The van der Waals surface area contributed by atoms with Crippen molar-refractivity contribution >= 4 is 40.4 Å². The number of hydrogen-bond acceptors (Lipinski definition) is 4. The van der Waals surface area contributed by atoms with E-state index < -0.39 is 0 Å². The van der Waals surface area contributed by atoms with Crippen LogP contribution in [-0.2, 0) is 5.41 Å². The van der Waals surface area contributed by atoms with Gasteiger partial charge in [-0.1, -0.05) is 203 Å². The van der Waals surface area contributed by atoms with Crippen LogP contribution in [0.25, 0.3) is 51.3 Å². The van der Waals surface area contributed by atoms with E-state index in [1.165, 1.54) is 27.8 Å². The monoisotopic (exact) mass is 900 g/mol. The van der Waals surface area contributed by atoms with Crippen LogP contribution in [0.1, 0.15) is 104 Å². The van der Waals surface area contributed by atoms with E-state index in [2.05, 4.69) is 157 Å². The summed E-state index contributed by atoms with van der Waals surface area (Å²) >= 11 is 0. The predicted octanol–water partition coefficient (Wildman–Crippen LogP) is 14.8. The van der Waals surface area contributed by atoms with Crippen LogP contribution in [0.3, 0.4) is 0 Å². The molecule has 0 spiro atoms. The largest absolute Gasteiger partial charge is 0.456 e. The molecule has 0 bridgehead atoms. The van der Waals surface area contributed by atoms with Gasteiger partial charge in [0.1, 0.15) is 11.0 Å².